The summed E-state index contributed by atoms with van der Waals surface area (Å²) in [5.41, 5.74) is 6.39. The number of anilines is 1. The molecule has 0 bridgehead atoms. The number of nitriles is 1. The number of hydrogen-bond donors (Lipinski definition) is 3. The lowest BCUT2D eigenvalue weighted by molar-refractivity contribution is -0.363. The highest BCUT2D eigenvalue weighted by atomic mass is 16.7. The molecule has 1 fully saturated rings. The molecule has 0 amide bonds. The van der Waals surface area contributed by atoms with Crippen molar-refractivity contribution in [2.45, 2.75) is 12.6 Å². The highest BCUT2D eigenvalue weighted by Gasteiger charge is 2.50. The van der Waals surface area contributed by atoms with Crippen LogP contribution < -0.4 is 9.38 Å². The predicted octanol–water partition coefficient (Wildman–Crippen LogP) is 3.15. The third kappa shape index (κ3) is 5.29. The average Bonchev–Trinajstić information content (AvgIpc) is 3.40. The lowest BCUT2D eigenvalue weighted by Gasteiger charge is -2.35. The van der Waals surface area contributed by atoms with Crippen molar-refractivity contribution in [3.8, 4) is 28.6 Å². The molecule has 45 heavy (non-hydrogen) atoms. The van der Waals surface area contributed by atoms with E-state index in [4.69, 9.17) is 15.2 Å². The van der Waals surface area contributed by atoms with Gasteiger partial charge < -0.3 is 4.90 Å². The average molecular weight is 601 g/mol. The molecule has 224 valence electrons. The van der Waals surface area contributed by atoms with Crippen LogP contribution in [0.4, 0.5) is 17.2 Å². The molecule has 2 aliphatic heterocycles. The van der Waals surface area contributed by atoms with E-state index in [2.05, 4.69) is 49.0 Å². The molecule has 0 aliphatic carbocycles. The Kier molecular flexibility index (Phi) is 7.04. The normalized spacial score (nSPS) is 18.2. The summed E-state index contributed by atoms with van der Waals surface area (Å²) in [4.78, 5) is 27.2. The molecule has 3 N–H and O–H groups in total. The van der Waals surface area contributed by atoms with Crippen LogP contribution in [-0.2, 0) is 6.54 Å². The van der Waals surface area contributed by atoms with Crippen molar-refractivity contribution in [2.75, 3.05) is 38.1 Å². The van der Waals surface area contributed by atoms with Crippen LogP contribution in [0.1, 0.15) is 11.4 Å². The Morgan fingerprint density at radius 2 is 1.51 bits per heavy atom. The second-order valence-corrected chi connectivity index (χ2v) is 11.3. The summed E-state index contributed by atoms with van der Waals surface area (Å²) in [6, 6.07) is 25.4. The third-order valence-corrected chi connectivity index (χ3v) is 8.43. The molecule has 12 heteroatoms. The minimum absolute atomic E-state index is 0.180. The van der Waals surface area contributed by atoms with Crippen molar-refractivity contribution in [3.63, 3.8) is 0 Å². The molecular formula is C33H30N9O3+. The second-order valence-electron chi connectivity index (χ2n) is 11.3. The molecule has 2 aliphatic rings. The van der Waals surface area contributed by atoms with E-state index in [9.17, 15) is 15.3 Å². The number of nitrogens with zero attached hydrogens (tertiary/aromatic N) is 9. The van der Waals surface area contributed by atoms with E-state index >= 15 is 0 Å². The number of rotatable bonds is 6. The van der Waals surface area contributed by atoms with Crippen LogP contribution >= 0.6 is 0 Å². The zero-order chi connectivity index (χ0) is 31.2. The number of aliphatic hydroxyl groups is 3. The van der Waals surface area contributed by atoms with Crippen LogP contribution in [0.15, 0.2) is 84.0 Å². The molecule has 3 aromatic carbocycles. The molecule has 0 radical (unpaired) electrons. The fourth-order valence-electron chi connectivity index (χ4n) is 5.77. The molecular weight excluding hydrogens is 570 g/mol. The van der Waals surface area contributed by atoms with Crippen molar-refractivity contribution in [1.82, 2.24) is 29.3 Å². The van der Waals surface area contributed by atoms with Gasteiger partial charge in [0.2, 0.25) is 12.2 Å². The summed E-state index contributed by atoms with van der Waals surface area (Å²) >= 11 is 0. The fourth-order valence-corrected chi connectivity index (χ4v) is 5.77. The van der Waals surface area contributed by atoms with Crippen molar-refractivity contribution in [2.24, 2.45) is 4.99 Å². The maximum atomic E-state index is 10.1. The molecule has 4 heterocycles. The van der Waals surface area contributed by atoms with Crippen LogP contribution in [0.25, 0.3) is 33.5 Å². The van der Waals surface area contributed by atoms with Gasteiger partial charge in [-0.15, -0.1) is 0 Å². The molecule has 1 unspecified atom stereocenters. The van der Waals surface area contributed by atoms with Gasteiger partial charge in [-0.3, -0.25) is 20.2 Å². The zero-order valence-corrected chi connectivity index (χ0v) is 24.5. The van der Waals surface area contributed by atoms with Gasteiger partial charge in [0.25, 0.3) is 0 Å². The van der Waals surface area contributed by atoms with Crippen molar-refractivity contribution in [3.05, 3.63) is 90.4 Å². The predicted molar refractivity (Wildman–Crippen MR) is 170 cm³/mol. The standard InChI is InChI=1S/C33H30N9O3/c1-42(33(43,44)45)21-36-27-17-25-26(18-28(27)42)38-32(31(37-25)23-5-3-2-4-6-23)24-9-7-22(8-10-24)20-40-13-15-41(16-14-40)30-11-12-35-29(19-34)39-30/h2-12,17-18,21,43-45H,13-16,20H2,1H3/q+1. The number of aliphatic imine (C=N–C) groups is 1. The van der Waals surface area contributed by atoms with Crippen LogP contribution in [0, 0.1) is 11.3 Å². The lowest BCUT2D eigenvalue weighted by Crippen LogP contribution is -2.62. The van der Waals surface area contributed by atoms with Gasteiger partial charge in [-0.25, -0.2) is 19.9 Å². The van der Waals surface area contributed by atoms with Gasteiger partial charge in [-0.05, 0) is 17.7 Å². The Bertz CT molecular complexity index is 1960. The quantitative estimate of drug-likeness (QED) is 0.196. The monoisotopic (exact) mass is 600 g/mol. The summed E-state index contributed by atoms with van der Waals surface area (Å²) in [5.74, 6) is 0.959. The second kappa shape index (κ2) is 11.1. The minimum atomic E-state index is -3.05. The molecule has 0 spiro atoms. The Balaban J connectivity index is 1.16. The smallest absolute Gasteiger partial charge is 0.354 e. The van der Waals surface area contributed by atoms with Gasteiger partial charge in [0.15, 0.2) is 5.69 Å². The lowest BCUT2D eigenvalue weighted by atomic mass is 10.0. The molecule has 1 saturated heterocycles. The Hall–Kier alpha value is -5.16. The van der Waals surface area contributed by atoms with Gasteiger partial charge in [-0.1, -0.05) is 54.6 Å². The van der Waals surface area contributed by atoms with Crippen LogP contribution in [0.2, 0.25) is 0 Å². The number of piperazine rings is 1. The van der Waals surface area contributed by atoms with E-state index in [1.165, 1.54) is 18.9 Å². The van der Waals surface area contributed by atoms with Crippen LogP contribution in [-0.4, -0.2) is 85.8 Å². The summed E-state index contributed by atoms with van der Waals surface area (Å²) in [6.07, 6.45) is -0.150. The maximum absolute atomic E-state index is 10.1. The number of benzene rings is 3. The van der Waals surface area contributed by atoms with E-state index < -0.39 is 10.6 Å². The Morgan fingerprint density at radius 3 is 2.18 bits per heavy atom. The van der Waals surface area contributed by atoms with Gasteiger partial charge in [0.05, 0.1) is 29.5 Å². The highest BCUT2D eigenvalue weighted by molar-refractivity contribution is 5.97. The van der Waals surface area contributed by atoms with E-state index in [1.807, 2.05) is 42.5 Å². The number of quaternary nitrogens is 1. The van der Waals surface area contributed by atoms with Crippen molar-refractivity contribution >= 4 is 34.6 Å². The van der Waals surface area contributed by atoms with E-state index in [-0.39, 0.29) is 5.82 Å². The summed E-state index contributed by atoms with van der Waals surface area (Å²) in [5, 5.41) is 39.4. The van der Waals surface area contributed by atoms with Gasteiger partial charge in [-0.2, -0.15) is 14.7 Å². The summed E-state index contributed by atoms with van der Waals surface area (Å²) < 4.78 is -0.724. The third-order valence-electron chi connectivity index (χ3n) is 8.43. The first kappa shape index (κ1) is 28.6. The number of hydrogen-bond acceptors (Lipinski definition) is 11. The highest BCUT2D eigenvalue weighted by Crippen LogP contribution is 2.43. The van der Waals surface area contributed by atoms with Gasteiger partial charge in [0.1, 0.15) is 17.6 Å². The van der Waals surface area contributed by atoms with Crippen molar-refractivity contribution < 1.29 is 15.3 Å². The van der Waals surface area contributed by atoms with E-state index in [0.717, 1.165) is 55.4 Å². The summed E-state index contributed by atoms with van der Waals surface area (Å²) in [7, 11) is 1.45. The molecule has 12 nitrogen and oxygen atoms in total. The van der Waals surface area contributed by atoms with Gasteiger partial charge >= 0.3 is 6.10 Å². The van der Waals surface area contributed by atoms with Crippen LogP contribution in [0.3, 0.4) is 0 Å². The first-order chi connectivity index (χ1) is 21.7. The van der Waals surface area contributed by atoms with Gasteiger partial charge in [0, 0.05) is 56.1 Å². The summed E-state index contributed by atoms with van der Waals surface area (Å²) in [6.45, 7) is 4.14. The molecule has 5 aromatic rings. The van der Waals surface area contributed by atoms with E-state index in [1.54, 1.807) is 18.3 Å². The maximum Gasteiger partial charge on any atom is 0.452 e. The minimum Gasteiger partial charge on any atom is -0.354 e. The largest absolute Gasteiger partial charge is 0.452 e. The molecule has 2 aromatic heterocycles. The first-order valence-corrected chi connectivity index (χ1v) is 14.5. The Morgan fingerprint density at radius 1 is 0.844 bits per heavy atom. The van der Waals surface area contributed by atoms with E-state index in [0.29, 0.717) is 28.1 Å². The first-order valence-electron chi connectivity index (χ1n) is 14.5. The van der Waals surface area contributed by atoms with Crippen LogP contribution in [0.5, 0.6) is 0 Å². The molecule has 7 rings (SSSR count). The number of aromatic nitrogens is 4. The SMILES string of the molecule is C[N+]1(C(O)(O)O)C=Nc2cc3nc(-c4ccccc4)c(-c4ccc(CN5CCN(c6ccnc(C#N)n6)CC5)cc4)nc3cc21. The Labute approximate surface area is 259 Å². The topological polar surface area (TPSA) is 155 Å². The zero-order valence-electron chi connectivity index (χ0n) is 24.5. The molecule has 1 atom stereocenters. The van der Waals surface area contributed by atoms with Crippen molar-refractivity contribution in [1.29, 1.82) is 5.26 Å². The molecule has 0 saturated carbocycles. The number of fused-ring (bicyclic) bond motifs is 2. The fraction of sp³-hybridized carbons (Fsp3) is 0.212.